The van der Waals surface area contributed by atoms with E-state index in [4.69, 9.17) is 5.11 Å². The number of rotatable bonds is 5. The first-order valence-corrected chi connectivity index (χ1v) is 6.15. The number of benzene rings is 1. The van der Waals surface area contributed by atoms with Gasteiger partial charge in [-0.15, -0.1) is 0 Å². The van der Waals surface area contributed by atoms with Crippen molar-refractivity contribution < 1.29 is 23.1 Å². The molecule has 1 aromatic rings. The van der Waals surface area contributed by atoms with Crippen molar-refractivity contribution in [3.05, 3.63) is 35.4 Å². The van der Waals surface area contributed by atoms with E-state index in [9.17, 15) is 18.0 Å². The highest BCUT2D eigenvalue weighted by atomic mass is 19.4. The highest BCUT2D eigenvalue weighted by Crippen LogP contribution is 2.32. The van der Waals surface area contributed by atoms with Crippen LogP contribution >= 0.6 is 0 Å². The van der Waals surface area contributed by atoms with Gasteiger partial charge in [0, 0.05) is 12.6 Å². The molecule has 0 fully saturated rings. The van der Waals surface area contributed by atoms with E-state index in [1.54, 1.807) is 6.92 Å². The van der Waals surface area contributed by atoms with E-state index in [1.165, 1.54) is 18.2 Å². The van der Waals surface area contributed by atoms with Gasteiger partial charge in [0.2, 0.25) is 0 Å². The van der Waals surface area contributed by atoms with E-state index < -0.39 is 23.8 Å². The van der Waals surface area contributed by atoms with Gasteiger partial charge in [0.15, 0.2) is 0 Å². The Morgan fingerprint density at radius 1 is 1.35 bits per heavy atom. The Morgan fingerprint density at radius 2 is 2.00 bits per heavy atom. The predicted molar refractivity (Wildman–Crippen MR) is 68.2 cm³/mol. The molecule has 0 unspecified atom stereocenters. The molecule has 3 N–H and O–H groups in total. The summed E-state index contributed by atoms with van der Waals surface area (Å²) in [6.07, 6.45) is -4.34. The zero-order valence-electron chi connectivity index (χ0n) is 11.0. The van der Waals surface area contributed by atoms with E-state index >= 15 is 0 Å². The number of urea groups is 1. The first-order chi connectivity index (χ1) is 9.34. The number of aliphatic hydroxyl groups excluding tert-OH is 1. The second kappa shape index (κ2) is 7.14. The van der Waals surface area contributed by atoms with Crippen LogP contribution in [0.1, 0.15) is 18.1 Å². The van der Waals surface area contributed by atoms with Crippen LogP contribution in [0.15, 0.2) is 24.3 Å². The topological polar surface area (TPSA) is 61.4 Å². The number of amides is 2. The summed E-state index contributed by atoms with van der Waals surface area (Å²) in [6.45, 7) is 1.52. The molecular formula is C13H17F3N2O2. The number of hydrogen-bond acceptors (Lipinski definition) is 2. The van der Waals surface area contributed by atoms with Crippen molar-refractivity contribution in [2.24, 2.45) is 0 Å². The number of hydrogen-bond donors (Lipinski definition) is 3. The van der Waals surface area contributed by atoms with Crippen molar-refractivity contribution in [2.45, 2.75) is 25.6 Å². The van der Waals surface area contributed by atoms with Crippen molar-refractivity contribution in [2.75, 3.05) is 13.2 Å². The van der Waals surface area contributed by atoms with Gasteiger partial charge in [-0.3, -0.25) is 0 Å². The molecule has 20 heavy (non-hydrogen) atoms. The Bertz CT molecular complexity index is 449. The quantitative estimate of drug-likeness (QED) is 0.776. The molecule has 0 bridgehead atoms. The van der Waals surface area contributed by atoms with E-state index in [1.807, 2.05) is 0 Å². The van der Waals surface area contributed by atoms with Crippen LogP contribution in [0, 0.1) is 0 Å². The number of halogens is 3. The van der Waals surface area contributed by atoms with Gasteiger partial charge in [-0.1, -0.05) is 18.2 Å². The van der Waals surface area contributed by atoms with Gasteiger partial charge >= 0.3 is 12.2 Å². The zero-order chi connectivity index (χ0) is 15.2. The van der Waals surface area contributed by atoms with Gasteiger partial charge in [0.25, 0.3) is 0 Å². The van der Waals surface area contributed by atoms with E-state index in [2.05, 4.69) is 10.6 Å². The van der Waals surface area contributed by atoms with Gasteiger partial charge < -0.3 is 15.7 Å². The Morgan fingerprint density at radius 3 is 2.60 bits per heavy atom. The summed E-state index contributed by atoms with van der Waals surface area (Å²) < 4.78 is 38.4. The van der Waals surface area contributed by atoms with Crippen LogP contribution in [-0.4, -0.2) is 30.3 Å². The SMILES string of the molecule is C[C@H](Cc1ccccc1C(F)(F)F)NC(=O)NCCO. The largest absolute Gasteiger partial charge is 0.416 e. The van der Waals surface area contributed by atoms with Crippen LogP contribution in [-0.2, 0) is 12.6 Å². The van der Waals surface area contributed by atoms with Crippen LogP contribution in [0.3, 0.4) is 0 Å². The molecule has 0 aliphatic carbocycles. The maximum atomic E-state index is 12.8. The summed E-state index contributed by atoms with van der Waals surface area (Å²) in [6, 6.07) is 4.30. The molecule has 112 valence electrons. The Kier molecular flexibility index (Phi) is 5.82. The Balaban J connectivity index is 2.67. The van der Waals surface area contributed by atoms with Crippen LogP contribution < -0.4 is 10.6 Å². The molecule has 1 aromatic carbocycles. The first kappa shape index (κ1) is 16.3. The molecule has 7 heteroatoms. The van der Waals surface area contributed by atoms with Crippen LogP contribution in [0.5, 0.6) is 0 Å². The molecule has 1 atom stereocenters. The molecule has 1 rings (SSSR count). The molecule has 4 nitrogen and oxygen atoms in total. The maximum absolute atomic E-state index is 12.8. The minimum Gasteiger partial charge on any atom is -0.395 e. The Hall–Kier alpha value is -1.76. The highest BCUT2D eigenvalue weighted by Gasteiger charge is 2.33. The number of carbonyl (C=O) groups is 1. The van der Waals surface area contributed by atoms with Crippen molar-refractivity contribution in [3.8, 4) is 0 Å². The van der Waals surface area contributed by atoms with E-state index in [0.29, 0.717) is 0 Å². The lowest BCUT2D eigenvalue weighted by Gasteiger charge is -2.17. The van der Waals surface area contributed by atoms with Crippen molar-refractivity contribution in [1.29, 1.82) is 0 Å². The van der Waals surface area contributed by atoms with Gasteiger partial charge in [-0.05, 0) is 25.0 Å². The average molecular weight is 290 g/mol. The smallest absolute Gasteiger partial charge is 0.395 e. The lowest BCUT2D eigenvalue weighted by atomic mass is 10.0. The lowest BCUT2D eigenvalue weighted by molar-refractivity contribution is -0.138. The van der Waals surface area contributed by atoms with Gasteiger partial charge in [-0.2, -0.15) is 13.2 Å². The normalized spacial score (nSPS) is 12.8. The van der Waals surface area contributed by atoms with Crippen molar-refractivity contribution >= 4 is 6.03 Å². The van der Waals surface area contributed by atoms with Gasteiger partial charge in [-0.25, -0.2) is 4.79 Å². The van der Waals surface area contributed by atoms with Crippen LogP contribution in [0.2, 0.25) is 0 Å². The monoisotopic (exact) mass is 290 g/mol. The summed E-state index contributed by atoms with van der Waals surface area (Å²) in [5.41, 5.74) is -0.556. The maximum Gasteiger partial charge on any atom is 0.416 e. The van der Waals surface area contributed by atoms with Crippen LogP contribution in [0.25, 0.3) is 0 Å². The first-order valence-electron chi connectivity index (χ1n) is 6.15. The minimum absolute atomic E-state index is 0.0717. The predicted octanol–water partition coefficient (Wildman–Crippen LogP) is 1.93. The third-order valence-corrected chi connectivity index (χ3v) is 2.62. The fourth-order valence-corrected chi connectivity index (χ4v) is 1.80. The number of aliphatic hydroxyl groups is 1. The number of alkyl halides is 3. The van der Waals surface area contributed by atoms with E-state index in [-0.39, 0.29) is 25.1 Å². The molecule has 0 aliphatic rings. The minimum atomic E-state index is -4.41. The molecule has 0 aromatic heterocycles. The van der Waals surface area contributed by atoms with Gasteiger partial charge in [0.1, 0.15) is 0 Å². The molecule has 0 saturated heterocycles. The summed E-state index contributed by atoms with van der Waals surface area (Å²) >= 11 is 0. The summed E-state index contributed by atoms with van der Waals surface area (Å²) in [5, 5.41) is 13.4. The summed E-state index contributed by atoms with van der Waals surface area (Å²) in [7, 11) is 0. The van der Waals surface area contributed by atoms with Crippen molar-refractivity contribution in [1.82, 2.24) is 10.6 Å². The zero-order valence-corrected chi connectivity index (χ0v) is 11.0. The van der Waals surface area contributed by atoms with Crippen molar-refractivity contribution in [3.63, 3.8) is 0 Å². The third-order valence-electron chi connectivity index (χ3n) is 2.62. The number of nitrogens with one attached hydrogen (secondary N) is 2. The molecule has 2 amide bonds. The average Bonchev–Trinajstić information content (AvgIpc) is 2.35. The number of carbonyl (C=O) groups excluding carboxylic acids is 1. The second-order valence-electron chi connectivity index (χ2n) is 4.38. The fourth-order valence-electron chi connectivity index (χ4n) is 1.80. The molecular weight excluding hydrogens is 273 g/mol. The molecule has 0 radical (unpaired) electrons. The summed E-state index contributed by atoms with van der Waals surface area (Å²) in [4.78, 5) is 11.3. The van der Waals surface area contributed by atoms with E-state index in [0.717, 1.165) is 6.07 Å². The van der Waals surface area contributed by atoms with Crippen LogP contribution in [0.4, 0.5) is 18.0 Å². The summed E-state index contributed by atoms with van der Waals surface area (Å²) in [5.74, 6) is 0. The molecule has 0 spiro atoms. The molecule has 0 heterocycles. The highest BCUT2D eigenvalue weighted by molar-refractivity contribution is 5.74. The van der Waals surface area contributed by atoms with Gasteiger partial charge in [0.05, 0.1) is 12.2 Å². The Labute approximate surface area is 115 Å². The standard InChI is InChI=1S/C13H17F3N2O2/c1-9(18-12(20)17-6-7-19)8-10-4-2-3-5-11(10)13(14,15)16/h2-5,9,19H,6-8H2,1H3,(H2,17,18,20)/t9-/m1/s1. The third kappa shape index (κ3) is 5.08. The lowest BCUT2D eigenvalue weighted by Crippen LogP contribution is -2.42. The molecule has 0 aliphatic heterocycles. The fraction of sp³-hybridized carbons (Fsp3) is 0.462. The molecule has 0 saturated carbocycles. The second-order valence-corrected chi connectivity index (χ2v) is 4.38.